The molecular formula is C20H23N7O3S. The zero-order valence-electron chi connectivity index (χ0n) is 17.8. The molecule has 0 fully saturated rings. The number of thiophene rings is 1. The molecule has 31 heavy (non-hydrogen) atoms. The van der Waals surface area contributed by atoms with E-state index in [4.69, 9.17) is 9.72 Å². The second-order valence-corrected chi connectivity index (χ2v) is 10.1. The van der Waals surface area contributed by atoms with Gasteiger partial charge in [0.2, 0.25) is 0 Å². The molecule has 4 aromatic heterocycles. The molecule has 0 N–H and O–H groups in total. The van der Waals surface area contributed by atoms with Gasteiger partial charge in [-0.15, -0.1) is 21.5 Å². The van der Waals surface area contributed by atoms with Crippen molar-refractivity contribution in [3.8, 4) is 5.88 Å². The van der Waals surface area contributed by atoms with Crippen molar-refractivity contribution >= 4 is 32.9 Å². The van der Waals surface area contributed by atoms with Gasteiger partial charge >= 0.3 is 11.6 Å². The van der Waals surface area contributed by atoms with Crippen molar-refractivity contribution in [2.75, 3.05) is 7.11 Å². The van der Waals surface area contributed by atoms with Gasteiger partial charge in [0.25, 0.3) is 0 Å². The first-order valence-electron chi connectivity index (χ1n) is 10.1. The Morgan fingerprint density at radius 2 is 2.16 bits per heavy atom. The van der Waals surface area contributed by atoms with Crippen LogP contribution in [-0.2, 0) is 19.4 Å². The summed E-state index contributed by atoms with van der Waals surface area (Å²) in [6, 6.07) is 0. The third kappa shape index (κ3) is 3.32. The minimum absolute atomic E-state index is 0.0295. The maximum Gasteiger partial charge on any atom is 0.350 e. The molecule has 0 bridgehead atoms. The largest absolute Gasteiger partial charge is 0.475 e. The number of aromatic nitrogens is 6. The molecule has 4 aromatic rings. The molecule has 0 amide bonds. The van der Waals surface area contributed by atoms with Crippen LogP contribution >= 0.6 is 11.3 Å². The van der Waals surface area contributed by atoms with Crippen LogP contribution in [0, 0.1) is 21.4 Å². The molecule has 0 saturated carbocycles. The van der Waals surface area contributed by atoms with E-state index in [0.717, 1.165) is 35.1 Å². The van der Waals surface area contributed by atoms with Gasteiger partial charge in [0.1, 0.15) is 23.9 Å². The van der Waals surface area contributed by atoms with E-state index in [2.05, 4.69) is 36.0 Å². The lowest BCUT2D eigenvalue weighted by molar-refractivity contribution is -0.385. The van der Waals surface area contributed by atoms with E-state index in [1.807, 2.05) is 0 Å². The molecule has 162 valence electrons. The average molecular weight is 442 g/mol. The Morgan fingerprint density at radius 3 is 2.84 bits per heavy atom. The van der Waals surface area contributed by atoms with Crippen LogP contribution in [0.1, 0.15) is 43.5 Å². The van der Waals surface area contributed by atoms with Crippen molar-refractivity contribution in [1.82, 2.24) is 29.4 Å². The SMILES string of the molecule is COc1nn(Cc2nc3c4c5c(sc4ncn3n2)C[C@@H](C(C)(C)C)CC5)cc1[N+](=O)[O-]. The first kappa shape index (κ1) is 19.9. The fourth-order valence-electron chi connectivity index (χ4n) is 4.31. The van der Waals surface area contributed by atoms with Gasteiger partial charge in [-0.3, -0.25) is 14.8 Å². The lowest BCUT2D eigenvalue weighted by Crippen LogP contribution is -2.26. The Kier molecular flexibility index (Phi) is 4.47. The standard InChI is InChI=1S/C20H23N7O3S/c1-20(2,3)11-5-6-12-14(7-11)31-19-16(12)17-22-15(23-26(17)10-21-19)9-25-8-13(27(28)29)18(24-25)30-4/h8,10-11H,5-7,9H2,1-4H3/t11-/m0/s1. The number of rotatable bonds is 4. The first-order chi connectivity index (χ1) is 14.7. The highest BCUT2D eigenvalue weighted by Gasteiger charge is 2.32. The Morgan fingerprint density at radius 1 is 1.35 bits per heavy atom. The molecule has 0 aliphatic heterocycles. The van der Waals surface area contributed by atoms with Crippen LogP contribution in [0.5, 0.6) is 5.88 Å². The minimum Gasteiger partial charge on any atom is -0.475 e. The van der Waals surface area contributed by atoms with Crippen LogP contribution in [0.25, 0.3) is 15.9 Å². The van der Waals surface area contributed by atoms with Gasteiger partial charge in [-0.2, -0.15) is 0 Å². The Labute approximate surface area is 182 Å². The number of nitrogens with zero attached hydrogens (tertiary/aromatic N) is 7. The van der Waals surface area contributed by atoms with Crippen LogP contribution in [0.15, 0.2) is 12.5 Å². The van der Waals surface area contributed by atoms with Gasteiger partial charge in [0, 0.05) is 4.88 Å². The van der Waals surface area contributed by atoms with E-state index in [1.54, 1.807) is 22.2 Å². The smallest absolute Gasteiger partial charge is 0.350 e. The Bertz CT molecular complexity index is 1310. The zero-order valence-corrected chi connectivity index (χ0v) is 18.6. The highest BCUT2D eigenvalue weighted by Crippen LogP contribution is 2.43. The van der Waals surface area contributed by atoms with Crippen molar-refractivity contribution in [1.29, 1.82) is 0 Å². The number of fused-ring (bicyclic) bond motifs is 5. The second-order valence-electron chi connectivity index (χ2n) is 9.01. The van der Waals surface area contributed by atoms with Gasteiger partial charge in [-0.05, 0) is 36.2 Å². The Hall–Kier alpha value is -3.08. The number of ether oxygens (including phenoxy) is 1. The van der Waals surface area contributed by atoms with E-state index >= 15 is 0 Å². The molecule has 10 nitrogen and oxygen atoms in total. The predicted octanol–water partition coefficient (Wildman–Crippen LogP) is 3.65. The van der Waals surface area contributed by atoms with E-state index < -0.39 is 4.92 Å². The molecule has 1 atom stereocenters. The van der Waals surface area contributed by atoms with Crippen LogP contribution in [-0.4, -0.2) is 41.4 Å². The lowest BCUT2D eigenvalue weighted by Gasteiger charge is -2.33. The summed E-state index contributed by atoms with van der Waals surface area (Å²) < 4.78 is 8.11. The second kappa shape index (κ2) is 6.98. The molecule has 0 saturated heterocycles. The minimum atomic E-state index is -0.518. The van der Waals surface area contributed by atoms with Crippen molar-refractivity contribution < 1.29 is 9.66 Å². The third-order valence-corrected chi connectivity index (χ3v) is 7.22. The molecule has 1 aliphatic carbocycles. The van der Waals surface area contributed by atoms with Crippen LogP contribution < -0.4 is 4.74 Å². The molecule has 5 rings (SSSR count). The van der Waals surface area contributed by atoms with E-state index in [9.17, 15) is 10.1 Å². The summed E-state index contributed by atoms with van der Waals surface area (Å²) in [5.74, 6) is 1.14. The van der Waals surface area contributed by atoms with Gasteiger partial charge < -0.3 is 4.74 Å². The summed E-state index contributed by atoms with van der Waals surface area (Å²) in [6.45, 7) is 7.13. The first-order valence-corrected chi connectivity index (χ1v) is 11.0. The molecule has 0 unspecified atom stereocenters. The van der Waals surface area contributed by atoms with Gasteiger partial charge in [0.15, 0.2) is 11.5 Å². The maximum absolute atomic E-state index is 11.2. The summed E-state index contributed by atoms with van der Waals surface area (Å²) >= 11 is 1.76. The summed E-state index contributed by atoms with van der Waals surface area (Å²) in [5, 5.41) is 20.9. The molecule has 11 heteroatoms. The molecule has 0 spiro atoms. The molecule has 4 heterocycles. The number of nitro groups is 1. The van der Waals surface area contributed by atoms with E-state index in [0.29, 0.717) is 11.7 Å². The number of hydrogen-bond acceptors (Lipinski definition) is 8. The fourth-order valence-corrected chi connectivity index (χ4v) is 5.58. The number of hydrogen-bond donors (Lipinski definition) is 0. The van der Waals surface area contributed by atoms with Gasteiger partial charge in [-0.25, -0.2) is 14.5 Å². The molecule has 0 aromatic carbocycles. The topological polar surface area (TPSA) is 113 Å². The quantitative estimate of drug-likeness (QED) is 0.351. The van der Waals surface area contributed by atoms with Crippen molar-refractivity contribution in [2.45, 2.75) is 46.6 Å². The maximum atomic E-state index is 11.2. The summed E-state index contributed by atoms with van der Waals surface area (Å²) in [6.07, 6.45) is 6.26. The average Bonchev–Trinajstić information content (AvgIpc) is 3.40. The van der Waals surface area contributed by atoms with Crippen LogP contribution in [0.4, 0.5) is 5.69 Å². The number of methoxy groups -OCH3 is 1. The third-order valence-electron chi connectivity index (χ3n) is 6.06. The monoisotopic (exact) mass is 441 g/mol. The lowest BCUT2D eigenvalue weighted by atomic mass is 9.72. The highest BCUT2D eigenvalue weighted by molar-refractivity contribution is 7.19. The highest BCUT2D eigenvalue weighted by atomic mass is 32.1. The van der Waals surface area contributed by atoms with Gasteiger partial charge in [-0.1, -0.05) is 20.8 Å². The van der Waals surface area contributed by atoms with Crippen LogP contribution in [0.3, 0.4) is 0 Å². The van der Waals surface area contributed by atoms with Crippen LogP contribution in [0.2, 0.25) is 0 Å². The predicted molar refractivity (Wildman–Crippen MR) is 116 cm³/mol. The van der Waals surface area contributed by atoms with Gasteiger partial charge in [0.05, 0.1) is 17.4 Å². The zero-order chi connectivity index (χ0) is 21.9. The fraction of sp³-hybridized carbons (Fsp3) is 0.500. The normalized spacial score (nSPS) is 16.7. The summed E-state index contributed by atoms with van der Waals surface area (Å²) in [5.41, 5.74) is 2.22. The van der Waals surface area contributed by atoms with E-state index in [-0.39, 0.29) is 23.5 Å². The van der Waals surface area contributed by atoms with E-state index in [1.165, 1.54) is 28.4 Å². The number of aryl methyl sites for hydroxylation is 1. The molecule has 0 radical (unpaired) electrons. The van der Waals surface area contributed by atoms with Crippen molar-refractivity contribution in [2.24, 2.45) is 11.3 Å². The summed E-state index contributed by atoms with van der Waals surface area (Å²) in [7, 11) is 1.36. The Balaban J connectivity index is 1.53. The molecule has 1 aliphatic rings. The van der Waals surface area contributed by atoms with Crippen molar-refractivity contribution in [3.63, 3.8) is 0 Å². The van der Waals surface area contributed by atoms with Crippen molar-refractivity contribution in [3.05, 3.63) is 38.9 Å². The molecular weight excluding hydrogens is 418 g/mol. The summed E-state index contributed by atoms with van der Waals surface area (Å²) in [4.78, 5) is 22.4.